The summed E-state index contributed by atoms with van der Waals surface area (Å²) in [6.07, 6.45) is 0.176. The molecule has 4 heteroatoms. The normalized spacial score (nSPS) is 16.4. The molecule has 0 radical (unpaired) electrons. The van der Waals surface area contributed by atoms with Gasteiger partial charge in [-0.15, -0.1) is 0 Å². The minimum atomic E-state index is -0.737. The molecule has 0 aliphatic carbocycles. The molecule has 0 spiro atoms. The fraction of sp³-hybridized carbons (Fsp3) is 0.769. The highest BCUT2D eigenvalue weighted by atomic mass is 16.2. The summed E-state index contributed by atoms with van der Waals surface area (Å²) in [4.78, 5) is 35.3. The summed E-state index contributed by atoms with van der Waals surface area (Å²) in [5, 5.41) is 0. The zero-order valence-corrected chi connectivity index (χ0v) is 11.3. The fourth-order valence-corrected chi connectivity index (χ4v) is 1.67. The van der Waals surface area contributed by atoms with Crippen LogP contribution >= 0.6 is 0 Å². The molecule has 0 bridgehead atoms. The van der Waals surface area contributed by atoms with Crippen LogP contribution in [0.4, 0.5) is 0 Å². The number of hydrogen-bond donors (Lipinski definition) is 1. The zero-order valence-electron chi connectivity index (χ0n) is 11.3. The molecule has 0 aromatic heterocycles. The first-order valence-electron chi connectivity index (χ1n) is 6.04. The first kappa shape index (κ1) is 16.0. The average molecular weight is 241 g/mol. The molecule has 0 aromatic carbocycles. The van der Waals surface area contributed by atoms with Crippen molar-refractivity contribution >= 4 is 17.3 Å². The Balaban J connectivity index is 4.60. The van der Waals surface area contributed by atoms with Crippen molar-refractivity contribution in [3.05, 3.63) is 0 Å². The van der Waals surface area contributed by atoms with E-state index in [0.29, 0.717) is 0 Å². The maximum atomic E-state index is 11.9. The summed E-state index contributed by atoms with van der Waals surface area (Å²) in [5.41, 5.74) is 5.52. The van der Waals surface area contributed by atoms with Crippen molar-refractivity contribution in [2.24, 2.45) is 23.5 Å². The second-order valence-electron chi connectivity index (χ2n) is 5.05. The highest BCUT2D eigenvalue weighted by molar-refractivity contribution is 6.11. The Bertz CT molecular complexity index is 308. The van der Waals surface area contributed by atoms with Gasteiger partial charge < -0.3 is 5.73 Å². The third-order valence-corrected chi connectivity index (χ3v) is 2.86. The minimum absolute atomic E-state index is 0.115. The van der Waals surface area contributed by atoms with Gasteiger partial charge in [-0.1, -0.05) is 13.8 Å². The van der Waals surface area contributed by atoms with E-state index in [1.54, 1.807) is 34.6 Å². The SMILES string of the molecule is CC(N)CC(=O)C(C)C(=O)C(C)C(=O)C(C)C. The lowest BCUT2D eigenvalue weighted by atomic mass is 9.85. The molecule has 0 rings (SSSR count). The van der Waals surface area contributed by atoms with Gasteiger partial charge in [0.15, 0.2) is 5.78 Å². The first-order valence-corrected chi connectivity index (χ1v) is 6.04. The summed E-state index contributed by atoms with van der Waals surface area (Å²) in [6.45, 7) is 8.34. The third-order valence-electron chi connectivity index (χ3n) is 2.86. The smallest absolute Gasteiger partial charge is 0.153 e. The molecule has 0 aliphatic heterocycles. The Morgan fingerprint density at radius 2 is 1.35 bits per heavy atom. The Labute approximate surface area is 103 Å². The lowest BCUT2D eigenvalue weighted by Gasteiger charge is -2.17. The largest absolute Gasteiger partial charge is 0.328 e. The maximum absolute atomic E-state index is 11.9. The molecule has 98 valence electrons. The van der Waals surface area contributed by atoms with E-state index in [-0.39, 0.29) is 35.7 Å². The van der Waals surface area contributed by atoms with Crippen LogP contribution in [0.5, 0.6) is 0 Å². The van der Waals surface area contributed by atoms with E-state index in [4.69, 9.17) is 5.73 Å². The van der Waals surface area contributed by atoms with E-state index in [0.717, 1.165) is 0 Å². The fourth-order valence-electron chi connectivity index (χ4n) is 1.67. The molecule has 0 fully saturated rings. The highest BCUT2D eigenvalue weighted by Gasteiger charge is 2.31. The second-order valence-corrected chi connectivity index (χ2v) is 5.05. The zero-order chi connectivity index (χ0) is 13.7. The number of Topliss-reactive ketones (excluding diaryl/α,β-unsaturated/α-hetero) is 3. The molecule has 3 atom stereocenters. The molecule has 0 saturated carbocycles. The quantitative estimate of drug-likeness (QED) is 0.683. The van der Waals surface area contributed by atoms with Crippen LogP contribution in [-0.2, 0) is 14.4 Å². The van der Waals surface area contributed by atoms with Gasteiger partial charge in [-0.25, -0.2) is 0 Å². The van der Waals surface area contributed by atoms with Crippen molar-refractivity contribution in [3.63, 3.8) is 0 Å². The summed E-state index contributed by atoms with van der Waals surface area (Å²) in [7, 11) is 0. The van der Waals surface area contributed by atoms with Gasteiger partial charge in [0.2, 0.25) is 0 Å². The standard InChI is InChI=1S/C13H23NO3/c1-7(2)12(16)10(5)13(17)9(4)11(15)6-8(3)14/h7-10H,6,14H2,1-5H3. The van der Waals surface area contributed by atoms with Crippen LogP contribution in [0.15, 0.2) is 0 Å². The summed E-state index contributed by atoms with van der Waals surface area (Å²) in [5.74, 6) is -2.23. The number of rotatable bonds is 7. The number of hydrogen-bond acceptors (Lipinski definition) is 4. The van der Waals surface area contributed by atoms with Crippen molar-refractivity contribution in [1.29, 1.82) is 0 Å². The Hall–Kier alpha value is -1.03. The van der Waals surface area contributed by atoms with Gasteiger partial charge in [-0.2, -0.15) is 0 Å². The predicted molar refractivity (Wildman–Crippen MR) is 66.5 cm³/mol. The average Bonchev–Trinajstić information content (AvgIpc) is 2.23. The molecule has 0 aliphatic rings. The van der Waals surface area contributed by atoms with Gasteiger partial charge in [0, 0.05) is 18.4 Å². The van der Waals surface area contributed by atoms with Gasteiger partial charge in [-0.3, -0.25) is 14.4 Å². The highest BCUT2D eigenvalue weighted by Crippen LogP contribution is 2.15. The topological polar surface area (TPSA) is 77.2 Å². The molecule has 17 heavy (non-hydrogen) atoms. The van der Waals surface area contributed by atoms with Crippen molar-refractivity contribution in [3.8, 4) is 0 Å². The van der Waals surface area contributed by atoms with E-state index < -0.39 is 11.8 Å². The van der Waals surface area contributed by atoms with Crippen molar-refractivity contribution < 1.29 is 14.4 Å². The van der Waals surface area contributed by atoms with Crippen LogP contribution in [0.2, 0.25) is 0 Å². The molecule has 2 N–H and O–H groups in total. The minimum Gasteiger partial charge on any atom is -0.328 e. The number of carbonyl (C=O) groups excluding carboxylic acids is 3. The van der Waals surface area contributed by atoms with Gasteiger partial charge in [0.05, 0.1) is 11.8 Å². The molecule has 0 saturated heterocycles. The van der Waals surface area contributed by atoms with Crippen molar-refractivity contribution in [2.45, 2.75) is 47.1 Å². The van der Waals surface area contributed by atoms with Crippen molar-refractivity contribution in [2.75, 3.05) is 0 Å². The first-order chi connectivity index (χ1) is 7.68. The maximum Gasteiger partial charge on any atom is 0.153 e. The molecule has 0 amide bonds. The van der Waals surface area contributed by atoms with Crippen LogP contribution in [0.3, 0.4) is 0 Å². The molecule has 0 aromatic rings. The van der Waals surface area contributed by atoms with Crippen LogP contribution in [0, 0.1) is 17.8 Å². The molecule has 4 nitrogen and oxygen atoms in total. The predicted octanol–water partition coefficient (Wildman–Crippen LogP) is 1.36. The van der Waals surface area contributed by atoms with Crippen molar-refractivity contribution in [1.82, 2.24) is 0 Å². The van der Waals surface area contributed by atoms with Gasteiger partial charge in [0.25, 0.3) is 0 Å². The summed E-state index contributed by atoms with van der Waals surface area (Å²) in [6, 6.07) is -0.256. The van der Waals surface area contributed by atoms with E-state index in [2.05, 4.69) is 0 Å². The lowest BCUT2D eigenvalue weighted by Crippen LogP contribution is -2.34. The Morgan fingerprint density at radius 3 is 1.71 bits per heavy atom. The lowest BCUT2D eigenvalue weighted by molar-refractivity contribution is -0.139. The van der Waals surface area contributed by atoms with E-state index in [9.17, 15) is 14.4 Å². The molecule has 3 unspecified atom stereocenters. The van der Waals surface area contributed by atoms with E-state index in [1.165, 1.54) is 0 Å². The summed E-state index contributed by atoms with van der Waals surface area (Å²) < 4.78 is 0. The number of ketones is 3. The van der Waals surface area contributed by atoms with Crippen LogP contribution in [0.25, 0.3) is 0 Å². The van der Waals surface area contributed by atoms with Crippen LogP contribution in [-0.4, -0.2) is 23.4 Å². The number of nitrogens with two attached hydrogens (primary N) is 1. The van der Waals surface area contributed by atoms with E-state index >= 15 is 0 Å². The Morgan fingerprint density at radius 1 is 0.882 bits per heavy atom. The monoisotopic (exact) mass is 241 g/mol. The molecular formula is C13H23NO3. The van der Waals surface area contributed by atoms with E-state index in [1.807, 2.05) is 0 Å². The molecular weight excluding hydrogens is 218 g/mol. The second kappa shape index (κ2) is 6.64. The third kappa shape index (κ3) is 4.77. The van der Waals surface area contributed by atoms with Gasteiger partial charge in [-0.05, 0) is 20.8 Å². The van der Waals surface area contributed by atoms with Crippen LogP contribution in [0.1, 0.15) is 41.0 Å². The number of carbonyl (C=O) groups is 3. The van der Waals surface area contributed by atoms with Gasteiger partial charge >= 0.3 is 0 Å². The Kier molecular flexibility index (Phi) is 6.24. The molecule has 0 heterocycles. The van der Waals surface area contributed by atoms with Gasteiger partial charge in [0.1, 0.15) is 11.6 Å². The van der Waals surface area contributed by atoms with Crippen LogP contribution < -0.4 is 5.73 Å². The summed E-state index contributed by atoms with van der Waals surface area (Å²) >= 11 is 0.